The van der Waals surface area contributed by atoms with Gasteiger partial charge in [0.15, 0.2) is 0 Å². The predicted molar refractivity (Wildman–Crippen MR) is 126 cm³/mol. The van der Waals surface area contributed by atoms with Crippen LogP contribution in [-0.4, -0.2) is 21.4 Å². The van der Waals surface area contributed by atoms with Gasteiger partial charge in [0, 0.05) is 23.2 Å². The van der Waals surface area contributed by atoms with Gasteiger partial charge in [0.1, 0.15) is 12.2 Å². The van der Waals surface area contributed by atoms with Gasteiger partial charge >= 0.3 is 0 Å². The Morgan fingerprint density at radius 1 is 0.969 bits per heavy atom. The molecule has 0 aliphatic carbocycles. The molecule has 0 aliphatic heterocycles. The summed E-state index contributed by atoms with van der Waals surface area (Å²) < 4.78 is 1.38. The maximum Gasteiger partial charge on any atom is 0.278 e. The number of nitrogens with zero attached hydrogens (tertiary/aromatic N) is 2. The first-order valence-electron chi connectivity index (χ1n) is 9.84. The van der Waals surface area contributed by atoms with Crippen molar-refractivity contribution in [1.29, 1.82) is 0 Å². The molecule has 8 heteroatoms. The lowest BCUT2D eigenvalue weighted by atomic mass is 10.1. The van der Waals surface area contributed by atoms with Gasteiger partial charge in [-0.2, -0.15) is 0 Å². The second kappa shape index (κ2) is 9.03. The number of amides is 2. The van der Waals surface area contributed by atoms with Gasteiger partial charge in [0.05, 0.1) is 16.7 Å². The van der Waals surface area contributed by atoms with Crippen LogP contribution in [0.3, 0.4) is 0 Å². The molecule has 4 aromatic rings. The van der Waals surface area contributed by atoms with E-state index in [1.54, 1.807) is 72.8 Å². The Morgan fingerprint density at radius 3 is 2.50 bits per heavy atom. The van der Waals surface area contributed by atoms with Gasteiger partial charge < -0.3 is 10.6 Å². The van der Waals surface area contributed by atoms with Crippen LogP contribution in [0.2, 0.25) is 5.02 Å². The first kappa shape index (κ1) is 21.3. The third kappa shape index (κ3) is 4.53. The van der Waals surface area contributed by atoms with E-state index in [2.05, 4.69) is 15.6 Å². The minimum Gasteiger partial charge on any atom is -0.326 e. The van der Waals surface area contributed by atoms with Crippen molar-refractivity contribution in [2.75, 3.05) is 10.6 Å². The summed E-state index contributed by atoms with van der Waals surface area (Å²) in [7, 11) is 0. The topological polar surface area (TPSA) is 93.1 Å². The molecule has 32 heavy (non-hydrogen) atoms. The zero-order valence-corrected chi connectivity index (χ0v) is 17.9. The number of fused-ring (bicyclic) bond motifs is 1. The molecule has 0 radical (unpaired) electrons. The molecule has 1 aromatic heterocycles. The van der Waals surface area contributed by atoms with Crippen molar-refractivity contribution in [3.8, 4) is 11.3 Å². The lowest BCUT2D eigenvalue weighted by Crippen LogP contribution is -2.30. The third-order valence-corrected chi connectivity index (χ3v) is 4.99. The summed E-state index contributed by atoms with van der Waals surface area (Å²) in [5.41, 5.74) is 2.25. The van der Waals surface area contributed by atoms with Crippen LogP contribution in [0.4, 0.5) is 11.4 Å². The summed E-state index contributed by atoms with van der Waals surface area (Å²) in [4.78, 5) is 42.4. The normalized spacial score (nSPS) is 10.7. The lowest BCUT2D eigenvalue weighted by Gasteiger charge is -2.14. The molecule has 0 unspecified atom stereocenters. The Morgan fingerprint density at radius 2 is 1.72 bits per heavy atom. The molecular weight excluding hydrogens is 428 g/mol. The van der Waals surface area contributed by atoms with Crippen molar-refractivity contribution < 1.29 is 9.59 Å². The van der Waals surface area contributed by atoms with Crippen molar-refractivity contribution in [2.24, 2.45) is 0 Å². The number of halogens is 1. The average Bonchev–Trinajstić information content (AvgIpc) is 2.76. The fourth-order valence-electron chi connectivity index (χ4n) is 3.42. The van der Waals surface area contributed by atoms with Crippen LogP contribution in [0.15, 0.2) is 77.6 Å². The summed E-state index contributed by atoms with van der Waals surface area (Å²) in [6.07, 6.45) is 0. The Hall–Kier alpha value is -3.97. The molecule has 2 amide bonds. The Bertz CT molecular complexity index is 1400. The van der Waals surface area contributed by atoms with Crippen molar-refractivity contribution in [3.05, 3.63) is 88.2 Å². The molecule has 0 fully saturated rings. The van der Waals surface area contributed by atoms with Crippen molar-refractivity contribution >= 4 is 45.8 Å². The van der Waals surface area contributed by atoms with Crippen LogP contribution in [0.5, 0.6) is 0 Å². The molecule has 4 rings (SSSR count). The number of carbonyl (C=O) groups excluding carboxylic acids is 2. The number of hydrogen-bond acceptors (Lipinski definition) is 4. The number of anilines is 2. The molecule has 0 saturated heterocycles. The average molecular weight is 447 g/mol. The van der Waals surface area contributed by atoms with E-state index in [1.165, 1.54) is 11.5 Å². The van der Waals surface area contributed by atoms with Gasteiger partial charge in [0.25, 0.3) is 5.56 Å². The monoisotopic (exact) mass is 446 g/mol. The maximum absolute atomic E-state index is 13.5. The van der Waals surface area contributed by atoms with E-state index in [1.807, 2.05) is 0 Å². The second-order valence-corrected chi connectivity index (χ2v) is 7.56. The number of aromatic nitrogens is 2. The third-order valence-electron chi connectivity index (χ3n) is 4.76. The summed E-state index contributed by atoms with van der Waals surface area (Å²) in [6.45, 7) is 1.17. The quantitative estimate of drug-likeness (QED) is 0.477. The SMILES string of the molecule is CC(=O)Nc1ccccc1-c1nc2ccccc2n(CC(=O)Nc2cccc(Cl)c2)c1=O. The van der Waals surface area contributed by atoms with Gasteiger partial charge in [-0.15, -0.1) is 0 Å². The first-order valence-corrected chi connectivity index (χ1v) is 10.2. The van der Waals surface area contributed by atoms with Crippen LogP contribution >= 0.6 is 11.6 Å². The fraction of sp³-hybridized carbons (Fsp3) is 0.0833. The van der Waals surface area contributed by atoms with E-state index < -0.39 is 5.56 Å². The van der Waals surface area contributed by atoms with Crippen LogP contribution < -0.4 is 16.2 Å². The fourth-order valence-corrected chi connectivity index (χ4v) is 3.61. The highest BCUT2D eigenvalue weighted by Crippen LogP contribution is 2.25. The lowest BCUT2D eigenvalue weighted by molar-refractivity contribution is -0.117. The van der Waals surface area contributed by atoms with E-state index in [9.17, 15) is 14.4 Å². The largest absolute Gasteiger partial charge is 0.326 e. The van der Waals surface area contributed by atoms with Crippen molar-refractivity contribution in [3.63, 3.8) is 0 Å². The van der Waals surface area contributed by atoms with E-state index >= 15 is 0 Å². The number of carbonyl (C=O) groups is 2. The molecule has 1 heterocycles. The van der Waals surface area contributed by atoms with E-state index in [0.29, 0.717) is 33.0 Å². The molecular formula is C24H19ClN4O3. The standard InChI is InChI=1S/C24H19ClN4O3/c1-15(30)26-19-10-3-2-9-18(19)23-24(32)29(21-12-5-4-11-20(21)28-23)14-22(31)27-17-8-6-7-16(25)13-17/h2-13H,14H2,1H3,(H,26,30)(H,27,31). The number of benzene rings is 3. The number of nitrogens with one attached hydrogen (secondary N) is 2. The Kier molecular flexibility index (Phi) is 6.00. The highest BCUT2D eigenvalue weighted by atomic mass is 35.5. The molecule has 0 saturated carbocycles. The van der Waals surface area contributed by atoms with Crippen LogP contribution in [0.1, 0.15) is 6.92 Å². The predicted octanol–water partition coefficient (Wildman–Crippen LogP) is 4.31. The molecule has 0 spiro atoms. The number of rotatable bonds is 5. The minimum absolute atomic E-state index is 0.142. The molecule has 0 atom stereocenters. The number of hydrogen-bond donors (Lipinski definition) is 2. The van der Waals surface area contributed by atoms with E-state index in [-0.39, 0.29) is 24.1 Å². The zero-order chi connectivity index (χ0) is 22.7. The number of para-hydroxylation sites is 3. The van der Waals surface area contributed by atoms with Crippen LogP contribution in [0.25, 0.3) is 22.3 Å². The van der Waals surface area contributed by atoms with Gasteiger partial charge in [-0.05, 0) is 36.4 Å². The summed E-state index contributed by atoms with van der Waals surface area (Å²) >= 11 is 5.99. The van der Waals surface area contributed by atoms with Crippen molar-refractivity contribution in [1.82, 2.24) is 9.55 Å². The Labute approximate surface area is 188 Å². The van der Waals surface area contributed by atoms with Crippen molar-refractivity contribution in [2.45, 2.75) is 13.5 Å². The minimum atomic E-state index is -0.442. The maximum atomic E-state index is 13.5. The summed E-state index contributed by atoms with van der Waals surface area (Å²) in [5, 5.41) is 5.98. The Balaban J connectivity index is 1.80. The molecule has 160 valence electrons. The van der Waals surface area contributed by atoms with Gasteiger partial charge in [-0.25, -0.2) is 4.98 Å². The van der Waals surface area contributed by atoms with Crippen LogP contribution in [0, 0.1) is 0 Å². The summed E-state index contributed by atoms with van der Waals surface area (Å²) in [6, 6.07) is 20.8. The van der Waals surface area contributed by atoms with Gasteiger partial charge in [-0.1, -0.05) is 48.0 Å². The van der Waals surface area contributed by atoms with Gasteiger partial charge in [0.2, 0.25) is 11.8 Å². The molecule has 0 bridgehead atoms. The molecule has 7 nitrogen and oxygen atoms in total. The zero-order valence-electron chi connectivity index (χ0n) is 17.1. The highest BCUT2D eigenvalue weighted by molar-refractivity contribution is 6.30. The first-order chi connectivity index (χ1) is 15.4. The molecule has 3 aromatic carbocycles. The smallest absolute Gasteiger partial charge is 0.278 e. The summed E-state index contributed by atoms with van der Waals surface area (Å²) in [5.74, 6) is -0.647. The van der Waals surface area contributed by atoms with Crippen LogP contribution in [-0.2, 0) is 16.1 Å². The highest BCUT2D eigenvalue weighted by Gasteiger charge is 2.17. The van der Waals surface area contributed by atoms with Gasteiger partial charge in [-0.3, -0.25) is 19.0 Å². The molecule has 0 aliphatic rings. The van der Waals surface area contributed by atoms with E-state index in [4.69, 9.17) is 11.6 Å². The van der Waals surface area contributed by atoms with E-state index in [0.717, 1.165) is 0 Å². The molecule has 2 N–H and O–H groups in total. The second-order valence-electron chi connectivity index (χ2n) is 7.13.